The summed E-state index contributed by atoms with van der Waals surface area (Å²) in [5.41, 5.74) is 0.307. The first-order valence-corrected chi connectivity index (χ1v) is 4.13. The lowest BCUT2D eigenvalue weighted by atomic mass is 10.2. The number of halogens is 2. The molecular weight excluding hydrogens is 174 g/mol. The van der Waals surface area contributed by atoms with Gasteiger partial charge >= 0.3 is 0 Å². The maximum Gasteiger partial charge on any atom is 0.249 e. The lowest BCUT2D eigenvalue weighted by molar-refractivity contribution is 0.462. The molecule has 0 fully saturated rings. The largest absolute Gasteiger partial charge is 0.310 e. The molecule has 0 atom stereocenters. The molecule has 1 aromatic rings. The zero-order chi connectivity index (χ0) is 9.84. The average molecular weight is 186 g/mol. The summed E-state index contributed by atoms with van der Waals surface area (Å²) in [7, 11) is 0. The molecule has 13 heavy (non-hydrogen) atoms. The number of nitrogens with one attached hydrogen (secondary N) is 1. The van der Waals surface area contributed by atoms with Gasteiger partial charge in [0, 0.05) is 24.3 Å². The second-order valence-corrected chi connectivity index (χ2v) is 3.11. The summed E-state index contributed by atoms with van der Waals surface area (Å²) in [5, 5.41) is 3.00. The summed E-state index contributed by atoms with van der Waals surface area (Å²) in [4.78, 5) is 3.20. The number of nitrogens with zero attached hydrogens (tertiary/aromatic N) is 1. The summed E-state index contributed by atoms with van der Waals surface area (Å²) in [5.74, 6) is -1.90. The number of hydrogen-bond donors (Lipinski definition) is 1. The van der Waals surface area contributed by atoms with Gasteiger partial charge < -0.3 is 5.32 Å². The van der Waals surface area contributed by atoms with Crippen molar-refractivity contribution in [1.82, 2.24) is 10.3 Å². The number of aromatic nitrogens is 1. The van der Waals surface area contributed by atoms with E-state index >= 15 is 0 Å². The molecule has 1 heterocycles. The van der Waals surface area contributed by atoms with E-state index in [4.69, 9.17) is 0 Å². The van der Waals surface area contributed by atoms with Crippen LogP contribution in [0.5, 0.6) is 0 Å². The van der Waals surface area contributed by atoms with Crippen LogP contribution in [-0.4, -0.2) is 11.0 Å². The van der Waals surface area contributed by atoms with Gasteiger partial charge in [0.1, 0.15) is 0 Å². The standard InChI is InChI=1S/C9H12F2N2/c1-6(2)13-5-7-3-4-12-9(11)8(7)10/h3-4,6,13H,5H2,1-2H3. The van der Waals surface area contributed by atoms with E-state index in [1.807, 2.05) is 13.8 Å². The lowest BCUT2D eigenvalue weighted by Gasteiger charge is -2.08. The average Bonchev–Trinajstić information content (AvgIpc) is 2.07. The molecule has 0 aliphatic carbocycles. The van der Waals surface area contributed by atoms with Crippen LogP contribution in [0.2, 0.25) is 0 Å². The molecule has 1 N–H and O–H groups in total. The zero-order valence-corrected chi connectivity index (χ0v) is 7.64. The Labute approximate surface area is 76.0 Å². The maximum atomic E-state index is 13.0. The van der Waals surface area contributed by atoms with Gasteiger partial charge in [0.05, 0.1) is 0 Å². The van der Waals surface area contributed by atoms with Crippen molar-refractivity contribution in [2.45, 2.75) is 26.4 Å². The van der Waals surface area contributed by atoms with Crippen molar-refractivity contribution >= 4 is 0 Å². The van der Waals surface area contributed by atoms with Gasteiger partial charge in [-0.2, -0.15) is 4.39 Å². The van der Waals surface area contributed by atoms with Crippen molar-refractivity contribution < 1.29 is 8.78 Å². The Morgan fingerprint density at radius 2 is 2.15 bits per heavy atom. The minimum absolute atomic E-state index is 0.246. The number of pyridine rings is 1. The summed E-state index contributed by atoms with van der Waals surface area (Å²) < 4.78 is 25.6. The number of rotatable bonds is 3. The van der Waals surface area contributed by atoms with Gasteiger partial charge in [0.25, 0.3) is 0 Å². The van der Waals surface area contributed by atoms with Crippen molar-refractivity contribution in [1.29, 1.82) is 0 Å². The second kappa shape index (κ2) is 4.28. The molecule has 0 saturated heterocycles. The van der Waals surface area contributed by atoms with Crippen molar-refractivity contribution in [3.63, 3.8) is 0 Å². The molecule has 0 aliphatic rings. The molecule has 0 amide bonds. The van der Waals surface area contributed by atoms with E-state index in [-0.39, 0.29) is 6.04 Å². The molecular formula is C9H12F2N2. The fourth-order valence-corrected chi connectivity index (χ4v) is 0.906. The Kier molecular flexibility index (Phi) is 3.31. The van der Waals surface area contributed by atoms with Gasteiger partial charge in [-0.25, -0.2) is 9.37 Å². The third-order valence-electron chi connectivity index (χ3n) is 1.63. The minimum Gasteiger partial charge on any atom is -0.310 e. The highest BCUT2D eigenvalue weighted by Gasteiger charge is 2.08. The summed E-state index contributed by atoms with van der Waals surface area (Å²) >= 11 is 0. The van der Waals surface area contributed by atoms with Crippen LogP contribution in [0.4, 0.5) is 8.78 Å². The molecule has 0 aliphatic heterocycles. The van der Waals surface area contributed by atoms with E-state index in [2.05, 4.69) is 10.3 Å². The van der Waals surface area contributed by atoms with Gasteiger partial charge in [0.2, 0.25) is 5.95 Å². The highest BCUT2D eigenvalue weighted by atomic mass is 19.2. The van der Waals surface area contributed by atoms with E-state index in [0.29, 0.717) is 12.1 Å². The first-order chi connectivity index (χ1) is 6.11. The molecule has 0 spiro atoms. The Hall–Kier alpha value is -1.03. The third-order valence-corrected chi connectivity index (χ3v) is 1.63. The lowest BCUT2D eigenvalue weighted by Crippen LogP contribution is -2.22. The first-order valence-electron chi connectivity index (χ1n) is 4.13. The molecule has 0 unspecified atom stereocenters. The quantitative estimate of drug-likeness (QED) is 0.729. The van der Waals surface area contributed by atoms with E-state index in [1.165, 1.54) is 12.3 Å². The molecule has 0 aromatic carbocycles. The molecule has 1 rings (SSSR count). The van der Waals surface area contributed by atoms with Crippen molar-refractivity contribution in [3.05, 3.63) is 29.6 Å². The second-order valence-electron chi connectivity index (χ2n) is 3.11. The van der Waals surface area contributed by atoms with Crippen LogP contribution < -0.4 is 5.32 Å². The normalized spacial score (nSPS) is 10.8. The summed E-state index contributed by atoms with van der Waals surface area (Å²) in [6, 6.07) is 1.71. The van der Waals surface area contributed by atoms with E-state index in [0.717, 1.165) is 0 Å². The minimum atomic E-state index is -1.04. The predicted octanol–water partition coefficient (Wildman–Crippen LogP) is 1.86. The van der Waals surface area contributed by atoms with Gasteiger partial charge in [-0.3, -0.25) is 0 Å². The van der Waals surface area contributed by atoms with Crippen LogP contribution in [0.3, 0.4) is 0 Å². The van der Waals surface area contributed by atoms with Crippen LogP contribution in [-0.2, 0) is 6.54 Å². The first kappa shape index (κ1) is 10.1. The van der Waals surface area contributed by atoms with Crippen molar-refractivity contribution in [3.8, 4) is 0 Å². The Bertz CT molecular complexity index is 287. The van der Waals surface area contributed by atoms with Crippen LogP contribution in [0.15, 0.2) is 12.3 Å². The number of hydrogen-bond acceptors (Lipinski definition) is 2. The molecule has 1 aromatic heterocycles. The molecule has 72 valence electrons. The molecule has 0 bridgehead atoms. The Morgan fingerprint density at radius 3 is 2.77 bits per heavy atom. The Morgan fingerprint density at radius 1 is 1.46 bits per heavy atom. The van der Waals surface area contributed by atoms with E-state index < -0.39 is 11.8 Å². The summed E-state index contributed by atoms with van der Waals surface area (Å²) in [6.07, 6.45) is 1.26. The molecule has 2 nitrogen and oxygen atoms in total. The smallest absolute Gasteiger partial charge is 0.249 e. The van der Waals surface area contributed by atoms with Crippen molar-refractivity contribution in [2.24, 2.45) is 0 Å². The SMILES string of the molecule is CC(C)NCc1ccnc(F)c1F. The molecule has 0 radical (unpaired) electrons. The van der Waals surface area contributed by atoms with Crippen LogP contribution in [0.25, 0.3) is 0 Å². The van der Waals surface area contributed by atoms with Gasteiger partial charge in [0.15, 0.2) is 5.82 Å². The monoisotopic (exact) mass is 186 g/mol. The third kappa shape index (κ3) is 2.73. The predicted molar refractivity (Wildman–Crippen MR) is 46.1 cm³/mol. The van der Waals surface area contributed by atoms with Gasteiger partial charge in [-0.05, 0) is 6.07 Å². The summed E-state index contributed by atoms with van der Waals surface area (Å²) in [6.45, 7) is 4.20. The molecule has 4 heteroatoms. The fraction of sp³-hybridized carbons (Fsp3) is 0.444. The van der Waals surface area contributed by atoms with Gasteiger partial charge in [-0.15, -0.1) is 0 Å². The van der Waals surface area contributed by atoms with E-state index in [9.17, 15) is 8.78 Å². The fourth-order valence-electron chi connectivity index (χ4n) is 0.906. The van der Waals surface area contributed by atoms with Crippen LogP contribution in [0.1, 0.15) is 19.4 Å². The Balaban J connectivity index is 2.71. The molecule has 0 saturated carbocycles. The highest BCUT2D eigenvalue weighted by molar-refractivity contribution is 5.13. The van der Waals surface area contributed by atoms with Crippen LogP contribution >= 0.6 is 0 Å². The zero-order valence-electron chi connectivity index (χ0n) is 7.64. The maximum absolute atomic E-state index is 13.0. The van der Waals surface area contributed by atoms with E-state index in [1.54, 1.807) is 0 Å². The van der Waals surface area contributed by atoms with Gasteiger partial charge in [-0.1, -0.05) is 13.8 Å². The van der Waals surface area contributed by atoms with Crippen molar-refractivity contribution in [2.75, 3.05) is 0 Å². The highest BCUT2D eigenvalue weighted by Crippen LogP contribution is 2.08. The van der Waals surface area contributed by atoms with Crippen LogP contribution in [0, 0.1) is 11.8 Å². The topological polar surface area (TPSA) is 24.9 Å².